The lowest BCUT2D eigenvalue weighted by Gasteiger charge is -2.13. The molecule has 8 heteroatoms. The molecule has 3 aromatic rings. The van der Waals surface area contributed by atoms with Gasteiger partial charge in [0.05, 0.1) is 5.02 Å². The van der Waals surface area contributed by atoms with Crippen molar-refractivity contribution in [1.29, 1.82) is 0 Å². The minimum Gasteiger partial charge on any atom is -0.448 e. The lowest BCUT2D eigenvalue weighted by Crippen LogP contribution is -2.31. The maximum atomic E-state index is 12.2. The molecule has 0 aliphatic rings. The van der Waals surface area contributed by atoms with Gasteiger partial charge in [0.1, 0.15) is 11.5 Å². The average molecular weight is 372 g/mol. The quantitative estimate of drug-likeness (QED) is 0.687. The highest BCUT2D eigenvalue weighted by Gasteiger charge is 2.20. The number of nitrogens with zero attached hydrogens (tertiary/aromatic N) is 1. The number of fused-ring (bicyclic) bond motifs is 1. The fourth-order valence-electron chi connectivity index (χ4n) is 2.28. The number of anilines is 1. The highest BCUT2D eigenvalue weighted by molar-refractivity contribution is 6.30. The van der Waals surface area contributed by atoms with Crippen molar-refractivity contribution in [2.24, 2.45) is 0 Å². The topological polar surface area (TPSA) is 101 Å². The molecule has 2 N–H and O–H groups in total. The number of pyridine rings is 2. The van der Waals surface area contributed by atoms with Crippen LogP contribution < -0.4 is 10.9 Å². The number of amides is 1. The second kappa shape index (κ2) is 7.37. The molecule has 0 unspecified atom stereocenters. The normalized spacial score (nSPS) is 11.8. The Morgan fingerprint density at radius 3 is 2.73 bits per heavy atom. The van der Waals surface area contributed by atoms with E-state index in [2.05, 4.69) is 15.3 Å². The van der Waals surface area contributed by atoms with Gasteiger partial charge in [0.25, 0.3) is 11.5 Å². The first-order valence-corrected chi connectivity index (χ1v) is 8.07. The highest BCUT2D eigenvalue weighted by Crippen LogP contribution is 2.12. The Balaban J connectivity index is 1.71. The molecule has 0 aliphatic carbocycles. The molecule has 2 heterocycles. The first-order valence-electron chi connectivity index (χ1n) is 7.69. The van der Waals surface area contributed by atoms with E-state index in [-0.39, 0.29) is 11.5 Å². The maximum absolute atomic E-state index is 12.2. The fourth-order valence-corrected chi connectivity index (χ4v) is 2.39. The molecule has 7 nitrogen and oxygen atoms in total. The third-order valence-electron chi connectivity index (χ3n) is 3.61. The number of hydrogen-bond donors (Lipinski definition) is 2. The summed E-state index contributed by atoms with van der Waals surface area (Å²) in [7, 11) is 0. The van der Waals surface area contributed by atoms with Crippen molar-refractivity contribution in [2.75, 3.05) is 5.32 Å². The van der Waals surface area contributed by atoms with E-state index in [4.69, 9.17) is 16.3 Å². The summed E-state index contributed by atoms with van der Waals surface area (Å²) in [6.45, 7) is 1.42. The van der Waals surface area contributed by atoms with Gasteiger partial charge in [0.2, 0.25) is 0 Å². The molecule has 0 bridgehead atoms. The minimum atomic E-state index is -1.09. The molecule has 3 rings (SSSR count). The second-order valence-electron chi connectivity index (χ2n) is 5.50. The van der Waals surface area contributed by atoms with Crippen LogP contribution in [0.1, 0.15) is 17.4 Å². The van der Waals surface area contributed by atoms with Gasteiger partial charge in [-0.15, -0.1) is 0 Å². The van der Waals surface area contributed by atoms with Gasteiger partial charge in [-0.2, -0.15) is 0 Å². The third kappa shape index (κ3) is 3.89. The number of benzene rings is 1. The molecule has 0 aliphatic heterocycles. The number of nitrogens with one attached hydrogen (secondary N) is 2. The molecule has 0 saturated heterocycles. The summed E-state index contributed by atoms with van der Waals surface area (Å²) < 4.78 is 5.12. The predicted molar refractivity (Wildman–Crippen MR) is 97.3 cm³/mol. The third-order valence-corrected chi connectivity index (χ3v) is 3.83. The molecule has 26 heavy (non-hydrogen) atoms. The Labute approximate surface area is 153 Å². The van der Waals surface area contributed by atoms with Crippen molar-refractivity contribution in [3.63, 3.8) is 0 Å². The number of carbonyl (C=O) groups excluding carboxylic acids is 2. The van der Waals surface area contributed by atoms with Gasteiger partial charge < -0.3 is 15.0 Å². The Morgan fingerprint density at radius 2 is 2.00 bits per heavy atom. The molecule has 0 saturated carbocycles. The van der Waals surface area contributed by atoms with Crippen molar-refractivity contribution in [2.45, 2.75) is 13.0 Å². The summed E-state index contributed by atoms with van der Waals surface area (Å²) in [6, 6.07) is 11.4. The van der Waals surface area contributed by atoms with E-state index in [0.29, 0.717) is 15.8 Å². The van der Waals surface area contributed by atoms with E-state index in [9.17, 15) is 14.4 Å². The van der Waals surface area contributed by atoms with E-state index in [0.717, 1.165) is 0 Å². The lowest BCUT2D eigenvalue weighted by atomic mass is 10.1. The Hall–Kier alpha value is -3.19. The van der Waals surface area contributed by atoms with Gasteiger partial charge in [-0.25, -0.2) is 9.78 Å². The van der Waals surface area contributed by atoms with E-state index < -0.39 is 23.5 Å². The van der Waals surface area contributed by atoms with Crippen LogP contribution in [0.15, 0.2) is 53.5 Å². The van der Waals surface area contributed by atoms with Crippen LogP contribution in [0.4, 0.5) is 5.82 Å². The summed E-state index contributed by atoms with van der Waals surface area (Å²) in [5.41, 5.74) is -0.435. The molecule has 0 spiro atoms. The van der Waals surface area contributed by atoms with Gasteiger partial charge in [-0.05, 0) is 36.6 Å². The molecule has 1 atom stereocenters. The zero-order chi connectivity index (χ0) is 18.7. The molecular formula is C18H14ClN3O4. The van der Waals surface area contributed by atoms with Crippen LogP contribution in [0.5, 0.6) is 0 Å². The van der Waals surface area contributed by atoms with Crippen LogP contribution >= 0.6 is 11.6 Å². The van der Waals surface area contributed by atoms with Crippen molar-refractivity contribution < 1.29 is 14.3 Å². The second-order valence-corrected chi connectivity index (χ2v) is 5.93. The zero-order valence-corrected chi connectivity index (χ0v) is 14.4. The Kier molecular flexibility index (Phi) is 4.99. The van der Waals surface area contributed by atoms with Gasteiger partial charge >= 0.3 is 5.97 Å². The van der Waals surface area contributed by atoms with Crippen LogP contribution in [0.3, 0.4) is 0 Å². The standard InChI is InChI=1S/C18H14ClN3O4/c1-10(16(23)22-15-7-6-12(19)9-20-15)26-18(25)14-8-11-4-2-3-5-13(11)17(24)21-14/h2-10H,1H3,(H,21,24)(H,20,22,23)/t10-/m0/s1. The molecule has 132 valence electrons. The number of hydrogen-bond acceptors (Lipinski definition) is 5. The summed E-state index contributed by atoms with van der Waals surface area (Å²) in [5.74, 6) is -1.09. The maximum Gasteiger partial charge on any atom is 0.355 e. The molecular weight excluding hydrogens is 358 g/mol. The van der Waals surface area contributed by atoms with Crippen molar-refractivity contribution in [1.82, 2.24) is 9.97 Å². The summed E-state index contributed by atoms with van der Waals surface area (Å²) in [5, 5.41) is 4.01. The molecule has 0 radical (unpaired) electrons. The number of rotatable bonds is 4. The fraction of sp³-hybridized carbons (Fsp3) is 0.111. The van der Waals surface area contributed by atoms with Crippen LogP contribution in [-0.4, -0.2) is 27.9 Å². The average Bonchev–Trinajstić information content (AvgIpc) is 2.63. The zero-order valence-electron chi connectivity index (χ0n) is 13.7. The first-order chi connectivity index (χ1) is 12.4. The Bertz CT molecular complexity index is 1030. The number of H-pyrrole nitrogens is 1. The van der Waals surface area contributed by atoms with E-state index >= 15 is 0 Å². The van der Waals surface area contributed by atoms with E-state index in [1.54, 1.807) is 30.3 Å². The molecule has 2 aromatic heterocycles. The smallest absolute Gasteiger partial charge is 0.355 e. The SMILES string of the molecule is C[C@H](OC(=O)c1cc2ccccc2c(=O)[nH]1)C(=O)Nc1ccc(Cl)cn1. The summed E-state index contributed by atoms with van der Waals surface area (Å²) in [6.07, 6.45) is 0.295. The van der Waals surface area contributed by atoms with Crippen LogP contribution in [-0.2, 0) is 9.53 Å². The van der Waals surface area contributed by atoms with Gasteiger partial charge in [-0.3, -0.25) is 9.59 Å². The minimum absolute atomic E-state index is 0.0297. The Morgan fingerprint density at radius 1 is 1.23 bits per heavy atom. The van der Waals surface area contributed by atoms with Crippen LogP contribution in [0.2, 0.25) is 5.02 Å². The highest BCUT2D eigenvalue weighted by atomic mass is 35.5. The monoisotopic (exact) mass is 371 g/mol. The predicted octanol–water partition coefficient (Wildman–Crippen LogP) is 2.76. The number of aromatic amines is 1. The molecule has 1 amide bonds. The van der Waals surface area contributed by atoms with E-state index in [1.807, 2.05) is 0 Å². The van der Waals surface area contributed by atoms with Gasteiger partial charge in [-0.1, -0.05) is 29.8 Å². The number of aromatic nitrogens is 2. The summed E-state index contributed by atoms with van der Waals surface area (Å²) >= 11 is 5.73. The molecule has 1 aromatic carbocycles. The lowest BCUT2D eigenvalue weighted by molar-refractivity contribution is -0.123. The number of carbonyl (C=O) groups is 2. The van der Waals surface area contributed by atoms with Gasteiger partial charge in [0, 0.05) is 11.6 Å². The summed E-state index contributed by atoms with van der Waals surface area (Å²) in [4.78, 5) is 42.8. The van der Waals surface area contributed by atoms with E-state index in [1.165, 1.54) is 25.3 Å². The van der Waals surface area contributed by atoms with Crippen molar-refractivity contribution in [3.8, 4) is 0 Å². The molecule has 0 fully saturated rings. The number of esters is 1. The number of halogens is 1. The largest absolute Gasteiger partial charge is 0.448 e. The van der Waals surface area contributed by atoms with Crippen molar-refractivity contribution in [3.05, 3.63) is 69.7 Å². The van der Waals surface area contributed by atoms with Crippen molar-refractivity contribution >= 4 is 40.1 Å². The van der Waals surface area contributed by atoms with Crippen LogP contribution in [0.25, 0.3) is 10.8 Å². The first kappa shape index (κ1) is 17.6. The van der Waals surface area contributed by atoms with Crippen LogP contribution in [0, 0.1) is 0 Å². The van der Waals surface area contributed by atoms with Gasteiger partial charge in [0.15, 0.2) is 6.10 Å². The number of ether oxygens (including phenoxy) is 1.